The molecule has 1 aromatic heterocycles. The van der Waals surface area contributed by atoms with Gasteiger partial charge in [-0.25, -0.2) is 0 Å². The van der Waals surface area contributed by atoms with Crippen molar-refractivity contribution in [3.8, 4) is 0 Å². The zero-order chi connectivity index (χ0) is 16.8. The molecule has 0 unspecified atom stereocenters. The molecule has 1 aromatic carbocycles. The van der Waals surface area contributed by atoms with Crippen LogP contribution in [-0.2, 0) is 11.3 Å². The molecular formula is C16H18F2N2O2S. The van der Waals surface area contributed by atoms with E-state index in [4.69, 9.17) is 4.42 Å². The van der Waals surface area contributed by atoms with E-state index in [9.17, 15) is 13.6 Å². The summed E-state index contributed by atoms with van der Waals surface area (Å²) in [6.45, 7) is 2.60. The standard InChI is InChI=1S/C16H18F2N2O2S/c1-11-3-6-13(22-11)9-20(2)10-15(21)19-12-4-7-14(8-5-12)23-16(17)18/h3-8,16H,9-10H2,1-2H3,(H,19,21). The van der Waals surface area contributed by atoms with Crippen LogP contribution in [0.15, 0.2) is 45.7 Å². The number of benzene rings is 1. The third kappa shape index (κ3) is 6.03. The molecule has 0 fully saturated rings. The lowest BCUT2D eigenvalue weighted by Gasteiger charge is -2.15. The third-order valence-corrected chi connectivity index (χ3v) is 3.72. The van der Waals surface area contributed by atoms with Crippen LogP contribution in [-0.4, -0.2) is 30.2 Å². The van der Waals surface area contributed by atoms with E-state index in [2.05, 4.69) is 5.32 Å². The Kier molecular flexibility index (Phi) is 6.18. The quantitative estimate of drug-likeness (QED) is 0.775. The number of hydrogen-bond acceptors (Lipinski definition) is 4. The number of alkyl halides is 2. The Hall–Kier alpha value is -1.86. The van der Waals surface area contributed by atoms with E-state index in [1.54, 1.807) is 24.3 Å². The number of nitrogens with zero attached hydrogens (tertiary/aromatic N) is 1. The van der Waals surface area contributed by atoms with Crippen molar-refractivity contribution in [3.05, 3.63) is 47.9 Å². The first-order chi connectivity index (χ1) is 10.9. The number of halogens is 2. The lowest BCUT2D eigenvalue weighted by molar-refractivity contribution is -0.117. The number of hydrogen-bond donors (Lipinski definition) is 1. The molecule has 124 valence electrons. The zero-order valence-corrected chi connectivity index (χ0v) is 13.7. The predicted octanol–water partition coefficient (Wildman–Crippen LogP) is 3.97. The number of rotatable bonds is 7. The van der Waals surface area contributed by atoms with Gasteiger partial charge < -0.3 is 9.73 Å². The Balaban J connectivity index is 1.81. The molecule has 0 radical (unpaired) electrons. The Morgan fingerprint density at radius 1 is 1.26 bits per heavy atom. The van der Waals surface area contributed by atoms with Gasteiger partial charge in [0.25, 0.3) is 5.76 Å². The van der Waals surface area contributed by atoms with Crippen molar-refractivity contribution >= 4 is 23.4 Å². The van der Waals surface area contributed by atoms with Crippen LogP contribution in [0.5, 0.6) is 0 Å². The molecule has 7 heteroatoms. The largest absolute Gasteiger partial charge is 0.465 e. The summed E-state index contributed by atoms with van der Waals surface area (Å²) in [5.41, 5.74) is 0.579. The van der Waals surface area contributed by atoms with Gasteiger partial charge in [-0.1, -0.05) is 11.8 Å². The molecule has 0 aliphatic carbocycles. The normalized spacial score (nSPS) is 11.2. The van der Waals surface area contributed by atoms with E-state index in [0.717, 1.165) is 11.5 Å². The number of carbonyl (C=O) groups excluding carboxylic acids is 1. The molecule has 1 heterocycles. The third-order valence-electron chi connectivity index (χ3n) is 3.00. The monoisotopic (exact) mass is 340 g/mol. The average molecular weight is 340 g/mol. The molecular weight excluding hydrogens is 322 g/mol. The second kappa shape index (κ2) is 8.12. The summed E-state index contributed by atoms with van der Waals surface area (Å²) >= 11 is 0.475. The number of aryl methyl sites for hydroxylation is 1. The number of furan rings is 1. The van der Waals surface area contributed by atoms with Gasteiger partial charge in [-0.15, -0.1) is 0 Å². The highest BCUT2D eigenvalue weighted by atomic mass is 32.2. The first-order valence-electron chi connectivity index (χ1n) is 7.01. The molecule has 2 aromatic rings. The van der Waals surface area contributed by atoms with Crippen molar-refractivity contribution in [2.75, 3.05) is 18.9 Å². The number of nitrogens with one attached hydrogen (secondary N) is 1. The second-order valence-electron chi connectivity index (χ2n) is 5.14. The summed E-state index contributed by atoms with van der Waals surface area (Å²) in [7, 11) is 1.82. The second-order valence-corrected chi connectivity index (χ2v) is 6.20. The summed E-state index contributed by atoms with van der Waals surface area (Å²) in [6, 6.07) is 10.1. The van der Waals surface area contributed by atoms with Gasteiger partial charge in [0.2, 0.25) is 5.91 Å². The SMILES string of the molecule is Cc1ccc(CN(C)CC(=O)Nc2ccc(SC(F)F)cc2)o1. The van der Waals surface area contributed by atoms with Crippen LogP contribution in [0.4, 0.5) is 14.5 Å². The van der Waals surface area contributed by atoms with Crippen molar-refractivity contribution in [2.45, 2.75) is 24.1 Å². The van der Waals surface area contributed by atoms with Crippen molar-refractivity contribution in [1.82, 2.24) is 4.90 Å². The topological polar surface area (TPSA) is 45.5 Å². The highest BCUT2D eigenvalue weighted by Gasteiger charge is 2.10. The van der Waals surface area contributed by atoms with Crippen molar-refractivity contribution in [2.24, 2.45) is 0 Å². The molecule has 1 N–H and O–H groups in total. The van der Waals surface area contributed by atoms with Gasteiger partial charge in [-0.3, -0.25) is 9.69 Å². The van der Waals surface area contributed by atoms with Gasteiger partial charge in [0.05, 0.1) is 13.1 Å². The zero-order valence-electron chi connectivity index (χ0n) is 12.9. The van der Waals surface area contributed by atoms with Crippen LogP contribution in [0.25, 0.3) is 0 Å². The fraction of sp³-hybridized carbons (Fsp3) is 0.312. The number of carbonyl (C=O) groups is 1. The van der Waals surface area contributed by atoms with E-state index in [1.807, 2.05) is 31.0 Å². The lowest BCUT2D eigenvalue weighted by Crippen LogP contribution is -2.29. The predicted molar refractivity (Wildman–Crippen MR) is 86.7 cm³/mol. The Bertz CT molecular complexity index is 644. The van der Waals surface area contributed by atoms with E-state index in [0.29, 0.717) is 28.9 Å². The van der Waals surface area contributed by atoms with Crippen LogP contribution < -0.4 is 5.32 Å². The molecule has 4 nitrogen and oxygen atoms in total. The van der Waals surface area contributed by atoms with Crippen molar-refractivity contribution < 1.29 is 18.0 Å². The minimum Gasteiger partial charge on any atom is -0.465 e. The lowest BCUT2D eigenvalue weighted by atomic mass is 10.3. The number of thioether (sulfide) groups is 1. The first kappa shape index (κ1) is 17.5. The van der Waals surface area contributed by atoms with E-state index in [1.165, 1.54) is 0 Å². The van der Waals surface area contributed by atoms with Gasteiger partial charge in [-0.05, 0) is 50.4 Å². The molecule has 23 heavy (non-hydrogen) atoms. The number of amides is 1. The van der Waals surface area contributed by atoms with Gasteiger partial charge in [-0.2, -0.15) is 8.78 Å². The summed E-state index contributed by atoms with van der Waals surface area (Å²) in [5.74, 6) is -0.995. The highest BCUT2D eigenvalue weighted by Crippen LogP contribution is 2.26. The molecule has 1 amide bonds. The van der Waals surface area contributed by atoms with Crippen LogP contribution in [0.1, 0.15) is 11.5 Å². The van der Waals surface area contributed by atoms with E-state index in [-0.39, 0.29) is 12.5 Å². The van der Waals surface area contributed by atoms with Gasteiger partial charge in [0, 0.05) is 10.6 Å². The van der Waals surface area contributed by atoms with Gasteiger partial charge >= 0.3 is 0 Å². The Morgan fingerprint density at radius 2 is 1.96 bits per heavy atom. The molecule has 0 aliphatic heterocycles. The summed E-state index contributed by atoms with van der Waals surface area (Å²) < 4.78 is 29.9. The maximum atomic E-state index is 12.2. The maximum Gasteiger partial charge on any atom is 0.288 e. The summed E-state index contributed by atoms with van der Waals surface area (Å²) in [6.07, 6.45) is 0. The smallest absolute Gasteiger partial charge is 0.288 e. The fourth-order valence-corrected chi connectivity index (χ4v) is 2.56. The molecule has 0 aliphatic rings. The Labute approximate surface area is 137 Å². The molecule has 0 saturated heterocycles. The van der Waals surface area contributed by atoms with E-state index >= 15 is 0 Å². The van der Waals surface area contributed by atoms with Gasteiger partial charge in [0.1, 0.15) is 11.5 Å². The molecule has 0 saturated carbocycles. The Morgan fingerprint density at radius 3 is 2.52 bits per heavy atom. The minimum atomic E-state index is -2.45. The van der Waals surface area contributed by atoms with Crippen LogP contribution in [0, 0.1) is 6.92 Å². The molecule has 2 rings (SSSR count). The average Bonchev–Trinajstić information content (AvgIpc) is 2.85. The highest BCUT2D eigenvalue weighted by molar-refractivity contribution is 7.99. The molecule has 0 atom stereocenters. The van der Waals surface area contributed by atoms with E-state index < -0.39 is 5.76 Å². The van der Waals surface area contributed by atoms with Crippen LogP contribution >= 0.6 is 11.8 Å². The van der Waals surface area contributed by atoms with Gasteiger partial charge in [0.15, 0.2) is 0 Å². The first-order valence-corrected chi connectivity index (χ1v) is 7.89. The minimum absolute atomic E-state index is 0.176. The van der Waals surface area contributed by atoms with Crippen LogP contribution in [0.3, 0.4) is 0 Å². The summed E-state index contributed by atoms with van der Waals surface area (Å²) in [4.78, 5) is 14.3. The fourth-order valence-electron chi connectivity index (χ4n) is 2.06. The number of anilines is 1. The molecule has 0 bridgehead atoms. The van der Waals surface area contributed by atoms with Crippen molar-refractivity contribution in [1.29, 1.82) is 0 Å². The van der Waals surface area contributed by atoms with Crippen LogP contribution in [0.2, 0.25) is 0 Å². The van der Waals surface area contributed by atoms with Crippen molar-refractivity contribution in [3.63, 3.8) is 0 Å². The molecule has 0 spiro atoms. The number of likely N-dealkylation sites (N-methyl/N-ethyl adjacent to an activating group) is 1. The maximum absolute atomic E-state index is 12.2. The summed E-state index contributed by atoms with van der Waals surface area (Å²) in [5, 5.41) is 2.74.